The first-order chi connectivity index (χ1) is 5.41. The van der Waals surface area contributed by atoms with Crippen LogP contribution >= 0.6 is 0 Å². The fourth-order valence-corrected chi connectivity index (χ4v) is 2.27. The lowest BCUT2D eigenvalue weighted by atomic mass is 9.81. The van der Waals surface area contributed by atoms with Gasteiger partial charge in [0.1, 0.15) is 0 Å². The van der Waals surface area contributed by atoms with Crippen molar-refractivity contribution < 1.29 is 0 Å². The van der Waals surface area contributed by atoms with E-state index in [9.17, 15) is 0 Å². The zero-order chi connectivity index (χ0) is 7.57. The van der Waals surface area contributed by atoms with Gasteiger partial charge in [-0.05, 0) is 38.6 Å². The monoisotopic (exact) mass is 151 g/mol. The standard InChI is InChI=1S/C10H17N/c1-2-6-10(7-3-1)8-4-5-9-11-10/h2,6,11H,1,3-5,7-9H2. The van der Waals surface area contributed by atoms with E-state index in [1.165, 1.54) is 45.1 Å². The summed E-state index contributed by atoms with van der Waals surface area (Å²) < 4.78 is 0. The minimum absolute atomic E-state index is 0.427. The molecule has 1 heteroatoms. The van der Waals surface area contributed by atoms with Gasteiger partial charge >= 0.3 is 0 Å². The molecule has 1 N–H and O–H groups in total. The van der Waals surface area contributed by atoms with Crippen molar-refractivity contribution in [1.82, 2.24) is 5.32 Å². The molecule has 11 heavy (non-hydrogen) atoms. The van der Waals surface area contributed by atoms with Crippen LogP contribution in [0.25, 0.3) is 0 Å². The molecule has 0 aromatic carbocycles. The van der Waals surface area contributed by atoms with Crippen molar-refractivity contribution in [2.75, 3.05) is 6.54 Å². The Hall–Kier alpha value is -0.300. The van der Waals surface area contributed by atoms with E-state index >= 15 is 0 Å². The van der Waals surface area contributed by atoms with Crippen LogP contribution in [0.3, 0.4) is 0 Å². The highest BCUT2D eigenvalue weighted by molar-refractivity contribution is 5.10. The SMILES string of the molecule is C1=CC2(CCC1)CCCCN2. The summed E-state index contributed by atoms with van der Waals surface area (Å²) in [6.45, 7) is 1.23. The molecule has 1 heterocycles. The molecule has 1 atom stereocenters. The van der Waals surface area contributed by atoms with Crippen LogP contribution in [-0.4, -0.2) is 12.1 Å². The number of hydrogen-bond donors (Lipinski definition) is 1. The van der Waals surface area contributed by atoms with E-state index in [4.69, 9.17) is 0 Å². The van der Waals surface area contributed by atoms with Crippen LogP contribution in [0.1, 0.15) is 38.5 Å². The molecule has 1 nitrogen and oxygen atoms in total. The molecule has 1 aliphatic heterocycles. The third kappa shape index (κ3) is 1.48. The van der Waals surface area contributed by atoms with Gasteiger partial charge in [0, 0.05) is 5.54 Å². The zero-order valence-electron chi connectivity index (χ0n) is 7.10. The van der Waals surface area contributed by atoms with Crippen molar-refractivity contribution in [3.05, 3.63) is 12.2 Å². The van der Waals surface area contributed by atoms with E-state index in [0.29, 0.717) is 5.54 Å². The highest BCUT2D eigenvalue weighted by Gasteiger charge is 2.29. The van der Waals surface area contributed by atoms with Gasteiger partial charge in [-0.3, -0.25) is 0 Å². The van der Waals surface area contributed by atoms with Gasteiger partial charge < -0.3 is 5.32 Å². The Labute approximate surface area is 68.9 Å². The third-order valence-corrected chi connectivity index (χ3v) is 2.96. The predicted octanol–water partition coefficient (Wildman–Crippen LogP) is 2.24. The van der Waals surface area contributed by atoms with E-state index in [1.807, 2.05) is 0 Å². The Balaban J connectivity index is 2.06. The molecule has 0 amide bonds. The summed E-state index contributed by atoms with van der Waals surface area (Å²) in [5.74, 6) is 0. The molecule has 2 rings (SSSR count). The van der Waals surface area contributed by atoms with Crippen molar-refractivity contribution in [3.8, 4) is 0 Å². The van der Waals surface area contributed by atoms with E-state index in [1.54, 1.807) is 0 Å². The van der Waals surface area contributed by atoms with Gasteiger partial charge in [0.25, 0.3) is 0 Å². The molecular weight excluding hydrogens is 134 g/mol. The smallest absolute Gasteiger partial charge is 0.0364 e. The van der Waals surface area contributed by atoms with Crippen molar-refractivity contribution in [1.29, 1.82) is 0 Å². The van der Waals surface area contributed by atoms with Crippen molar-refractivity contribution in [2.45, 2.75) is 44.1 Å². The predicted molar refractivity (Wildman–Crippen MR) is 47.6 cm³/mol. The summed E-state index contributed by atoms with van der Waals surface area (Å²) in [4.78, 5) is 0. The molecule has 0 aromatic rings. The highest BCUT2D eigenvalue weighted by Crippen LogP contribution is 2.29. The first-order valence-corrected chi connectivity index (χ1v) is 4.84. The number of hydrogen-bond acceptors (Lipinski definition) is 1. The normalized spacial score (nSPS) is 37.8. The Bertz CT molecular complexity index is 154. The average Bonchev–Trinajstić information content (AvgIpc) is 2.07. The van der Waals surface area contributed by atoms with Crippen LogP contribution < -0.4 is 5.32 Å². The fraction of sp³-hybridized carbons (Fsp3) is 0.800. The summed E-state index contributed by atoms with van der Waals surface area (Å²) in [5.41, 5.74) is 0.427. The van der Waals surface area contributed by atoms with Crippen molar-refractivity contribution >= 4 is 0 Å². The molecule has 1 aliphatic carbocycles. The first kappa shape index (κ1) is 7.35. The maximum absolute atomic E-state index is 3.65. The van der Waals surface area contributed by atoms with Crippen molar-refractivity contribution in [3.63, 3.8) is 0 Å². The summed E-state index contributed by atoms with van der Waals surface area (Å²) in [7, 11) is 0. The van der Waals surface area contributed by atoms with E-state index in [-0.39, 0.29) is 0 Å². The minimum atomic E-state index is 0.427. The molecule has 1 saturated heterocycles. The summed E-state index contributed by atoms with van der Waals surface area (Å²) in [5, 5.41) is 3.65. The van der Waals surface area contributed by atoms with Gasteiger partial charge in [-0.25, -0.2) is 0 Å². The molecule has 62 valence electrons. The van der Waals surface area contributed by atoms with E-state index in [2.05, 4.69) is 17.5 Å². The second-order valence-corrected chi connectivity index (χ2v) is 3.83. The third-order valence-electron chi connectivity index (χ3n) is 2.96. The van der Waals surface area contributed by atoms with Crippen LogP contribution in [0.4, 0.5) is 0 Å². The largest absolute Gasteiger partial charge is 0.308 e. The van der Waals surface area contributed by atoms with Gasteiger partial charge in [0.05, 0.1) is 0 Å². The maximum atomic E-state index is 3.65. The molecule has 2 aliphatic rings. The first-order valence-electron chi connectivity index (χ1n) is 4.84. The number of rotatable bonds is 0. The second-order valence-electron chi connectivity index (χ2n) is 3.83. The van der Waals surface area contributed by atoms with Gasteiger partial charge in [-0.1, -0.05) is 18.6 Å². The lowest BCUT2D eigenvalue weighted by Gasteiger charge is -2.38. The summed E-state index contributed by atoms with van der Waals surface area (Å²) in [6.07, 6.45) is 12.9. The number of nitrogens with one attached hydrogen (secondary N) is 1. The fourth-order valence-electron chi connectivity index (χ4n) is 2.27. The van der Waals surface area contributed by atoms with E-state index < -0.39 is 0 Å². The highest BCUT2D eigenvalue weighted by atomic mass is 15.0. The Morgan fingerprint density at radius 3 is 2.64 bits per heavy atom. The van der Waals surface area contributed by atoms with Gasteiger partial charge in [0.15, 0.2) is 0 Å². The second kappa shape index (κ2) is 2.98. The molecule has 0 bridgehead atoms. The minimum Gasteiger partial charge on any atom is -0.308 e. The molecule has 1 spiro atoms. The zero-order valence-corrected chi connectivity index (χ0v) is 7.10. The lowest BCUT2D eigenvalue weighted by Crippen LogP contribution is -2.47. The summed E-state index contributed by atoms with van der Waals surface area (Å²) >= 11 is 0. The van der Waals surface area contributed by atoms with Crippen LogP contribution in [-0.2, 0) is 0 Å². The number of piperidine rings is 1. The summed E-state index contributed by atoms with van der Waals surface area (Å²) in [6, 6.07) is 0. The molecule has 0 radical (unpaired) electrons. The maximum Gasteiger partial charge on any atom is 0.0364 e. The van der Waals surface area contributed by atoms with Crippen LogP contribution in [0, 0.1) is 0 Å². The molecule has 1 fully saturated rings. The van der Waals surface area contributed by atoms with Gasteiger partial charge in [-0.2, -0.15) is 0 Å². The lowest BCUT2D eigenvalue weighted by molar-refractivity contribution is 0.283. The Morgan fingerprint density at radius 2 is 2.00 bits per heavy atom. The van der Waals surface area contributed by atoms with Crippen LogP contribution in [0.15, 0.2) is 12.2 Å². The van der Waals surface area contributed by atoms with E-state index in [0.717, 1.165) is 0 Å². The van der Waals surface area contributed by atoms with Crippen LogP contribution in [0.5, 0.6) is 0 Å². The topological polar surface area (TPSA) is 12.0 Å². The Kier molecular flexibility index (Phi) is 1.99. The molecule has 1 unspecified atom stereocenters. The van der Waals surface area contributed by atoms with Gasteiger partial charge in [-0.15, -0.1) is 0 Å². The molecule has 0 saturated carbocycles. The van der Waals surface area contributed by atoms with Crippen molar-refractivity contribution in [2.24, 2.45) is 0 Å². The average molecular weight is 151 g/mol. The number of allylic oxidation sites excluding steroid dienone is 1. The van der Waals surface area contributed by atoms with Crippen LogP contribution in [0.2, 0.25) is 0 Å². The quantitative estimate of drug-likeness (QED) is 0.523. The molecule has 0 aromatic heterocycles. The van der Waals surface area contributed by atoms with Gasteiger partial charge in [0.2, 0.25) is 0 Å². The molecular formula is C10H17N. The Morgan fingerprint density at radius 1 is 1.09 bits per heavy atom.